The fraction of sp³-hybridized carbons (Fsp3) is 0.333. The lowest BCUT2D eigenvalue weighted by Crippen LogP contribution is -2.11. The van der Waals surface area contributed by atoms with E-state index in [-0.39, 0.29) is 4.90 Å². The first-order valence-corrected chi connectivity index (χ1v) is 6.49. The van der Waals surface area contributed by atoms with E-state index < -0.39 is 14.9 Å². The first kappa shape index (κ1) is 12.4. The summed E-state index contributed by atoms with van der Waals surface area (Å²) in [5.74, 6) is -0.603. The van der Waals surface area contributed by atoms with Gasteiger partial charge in [0.2, 0.25) is 0 Å². The minimum Gasteiger partial charge on any atom is -0.305 e. The van der Waals surface area contributed by atoms with Gasteiger partial charge in [0, 0.05) is 17.2 Å². The summed E-state index contributed by atoms with van der Waals surface area (Å²) in [6.07, 6.45) is 0. The molecule has 0 heterocycles. The molecule has 0 aliphatic carbocycles. The highest BCUT2D eigenvalue weighted by Crippen LogP contribution is 2.18. The normalized spacial score (nSPS) is 12.1. The monoisotopic (exact) mass is 251 g/mol. The van der Waals surface area contributed by atoms with Crippen molar-refractivity contribution in [3.63, 3.8) is 0 Å². The molecule has 84 valence electrons. The molecule has 0 atom stereocenters. The van der Waals surface area contributed by atoms with Crippen LogP contribution < -0.4 is 0 Å². The Morgan fingerprint density at radius 2 is 1.93 bits per heavy atom. The summed E-state index contributed by atoms with van der Waals surface area (Å²) >= 11 is 0. The van der Waals surface area contributed by atoms with Crippen LogP contribution in [0.15, 0.2) is 23.1 Å². The second kappa shape index (κ2) is 4.47. The average molecular weight is 252 g/mol. The van der Waals surface area contributed by atoms with Crippen LogP contribution in [0, 0.1) is 5.82 Å². The SMILES string of the molecule is CN(C)Cc1cc(F)cc(S(=O)(=O)Cl)c1. The van der Waals surface area contributed by atoms with Crippen LogP contribution in [0.4, 0.5) is 4.39 Å². The van der Waals surface area contributed by atoms with Crippen LogP contribution in [-0.2, 0) is 15.6 Å². The lowest BCUT2D eigenvalue weighted by atomic mass is 10.2. The van der Waals surface area contributed by atoms with Crippen molar-refractivity contribution < 1.29 is 12.8 Å². The third kappa shape index (κ3) is 3.77. The first-order valence-electron chi connectivity index (χ1n) is 4.18. The van der Waals surface area contributed by atoms with E-state index in [0.29, 0.717) is 12.1 Å². The van der Waals surface area contributed by atoms with Crippen LogP contribution in [-0.4, -0.2) is 27.4 Å². The smallest absolute Gasteiger partial charge is 0.261 e. The third-order valence-electron chi connectivity index (χ3n) is 1.71. The van der Waals surface area contributed by atoms with Gasteiger partial charge < -0.3 is 4.90 Å². The zero-order valence-electron chi connectivity index (χ0n) is 8.37. The lowest BCUT2D eigenvalue weighted by Gasteiger charge is -2.10. The largest absolute Gasteiger partial charge is 0.305 e. The van der Waals surface area contributed by atoms with Gasteiger partial charge in [0.15, 0.2) is 0 Å². The first-order chi connectivity index (χ1) is 6.79. The molecule has 1 aromatic rings. The van der Waals surface area contributed by atoms with Crippen molar-refractivity contribution in [3.8, 4) is 0 Å². The fourth-order valence-corrected chi connectivity index (χ4v) is 2.03. The van der Waals surface area contributed by atoms with Crippen LogP contribution in [0.1, 0.15) is 5.56 Å². The predicted molar refractivity (Wildman–Crippen MR) is 56.8 cm³/mol. The van der Waals surface area contributed by atoms with Gasteiger partial charge in [-0.3, -0.25) is 0 Å². The second-order valence-electron chi connectivity index (χ2n) is 3.47. The minimum absolute atomic E-state index is 0.207. The number of benzene rings is 1. The third-order valence-corrected chi connectivity index (χ3v) is 3.04. The molecule has 0 fully saturated rings. The maximum atomic E-state index is 13.1. The molecule has 0 amide bonds. The van der Waals surface area contributed by atoms with Gasteiger partial charge in [-0.25, -0.2) is 12.8 Å². The van der Waals surface area contributed by atoms with E-state index in [4.69, 9.17) is 10.7 Å². The molecule has 6 heteroatoms. The molecule has 0 unspecified atom stereocenters. The van der Waals surface area contributed by atoms with Crippen LogP contribution >= 0.6 is 10.7 Å². The molecule has 0 aliphatic rings. The van der Waals surface area contributed by atoms with Crippen LogP contribution in [0.2, 0.25) is 0 Å². The van der Waals surface area contributed by atoms with E-state index in [1.807, 2.05) is 0 Å². The minimum atomic E-state index is -3.87. The Morgan fingerprint density at radius 1 is 1.33 bits per heavy atom. The summed E-state index contributed by atoms with van der Waals surface area (Å²) in [4.78, 5) is 1.60. The number of hydrogen-bond donors (Lipinski definition) is 0. The maximum Gasteiger partial charge on any atom is 0.261 e. The van der Waals surface area contributed by atoms with E-state index in [9.17, 15) is 12.8 Å². The van der Waals surface area contributed by atoms with Gasteiger partial charge in [-0.2, -0.15) is 0 Å². The summed E-state index contributed by atoms with van der Waals surface area (Å²) in [6.45, 7) is 0.456. The Hall–Kier alpha value is -0.650. The number of nitrogens with zero attached hydrogens (tertiary/aromatic N) is 1. The quantitative estimate of drug-likeness (QED) is 0.769. The number of hydrogen-bond acceptors (Lipinski definition) is 3. The number of rotatable bonds is 3. The molecule has 0 bridgehead atoms. The standard InChI is InChI=1S/C9H11ClFNO2S/c1-12(2)6-7-3-8(11)5-9(4-7)15(10,13)14/h3-5H,6H2,1-2H3. The lowest BCUT2D eigenvalue weighted by molar-refractivity contribution is 0.401. The number of halogens is 2. The molecule has 0 spiro atoms. The van der Waals surface area contributed by atoms with Gasteiger partial charge in [0.1, 0.15) is 5.82 Å². The summed E-state index contributed by atoms with van der Waals surface area (Å²) in [5, 5.41) is 0. The van der Waals surface area contributed by atoms with Gasteiger partial charge in [-0.1, -0.05) is 0 Å². The molecule has 0 saturated carbocycles. The van der Waals surface area contributed by atoms with Crippen molar-refractivity contribution in [1.82, 2.24) is 4.90 Å². The zero-order valence-corrected chi connectivity index (χ0v) is 9.94. The summed E-state index contributed by atoms with van der Waals surface area (Å²) in [7, 11) is 4.87. The van der Waals surface area contributed by atoms with E-state index in [1.54, 1.807) is 19.0 Å². The zero-order chi connectivity index (χ0) is 11.6. The summed E-state index contributed by atoms with van der Waals surface area (Å²) in [5.41, 5.74) is 0.569. The van der Waals surface area contributed by atoms with Gasteiger partial charge in [0.25, 0.3) is 9.05 Å². The predicted octanol–water partition coefficient (Wildman–Crippen LogP) is 1.81. The Morgan fingerprint density at radius 3 is 2.40 bits per heavy atom. The van der Waals surface area contributed by atoms with Crippen molar-refractivity contribution in [1.29, 1.82) is 0 Å². The molecule has 1 rings (SSSR count). The maximum absolute atomic E-state index is 13.1. The van der Waals surface area contributed by atoms with Crippen LogP contribution in [0.5, 0.6) is 0 Å². The van der Waals surface area contributed by atoms with E-state index in [1.165, 1.54) is 12.1 Å². The fourth-order valence-electron chi connectivity index (χ4n) is 1.22. The highest BCUT2D eigenvalue weighted by molar-refractivity contribution is 8.13. The topological polar surface area (TPSA) is 37.4 Å². The van der Waals surface area contributed by atoms with Crippen molar-refractivity contribution in [2.75, 3.05) is 14.1 Å². The van der Waals surface area contributed by atoms with Gasteiger partial charge in [-0.05, 0) is 37.9 Å². The van der Waals surface area contributed by atoms with Crippen LogP contribution in [0.25, 0.3) is 0 Å². The second-order valence-corrected chi connectivity index (χ2v) is 6.04. The summed E-state index contributed by atoms with van der Waals surface area (Å²) in [6, 6.07) is 3.55. The van der Waals surface area contributed by atoms with Crippen molar-refractivity contribution >= 4 is 19.7 Å². The Labute approximate surface area is 92.9 Å². The molecule has 15 heavy (non-hydrogen) atoms. The molecule has 0 saturated heterocycles. The molecular weight excluding hydrogens is 241 g/mol. The molecule has 0 radical (unpaired) electrons. The Bertz CT molecular complexity index is 459. The Kier molecular flexibility index (Phi) is 3.70. The molecular formula is C9H11ClFNO2S. The van der Waals surface area contributed by atoms with Crippen LogP contribution in [0.3, 0.4) is 0 Å². The molecule has 0 aliphatic heterocycles. The van der Waals surface area contributed by atoms with E-state index in [2.05, 4.69) is 0 Å². The van der Waals surface area contributed by atoms with Crippen molar-refractivity contribution in [3.05, 3.63) is 29.6 Å². The molecule has 0 aromatic heterocycles. The van der Waals surface area contributed by atoms with E-state index in [0.717, 1.165) is 6.07 Å². The average Bonchev–Trinajstić information content (AvgIpc) is 1.99. The van der Waals surface area contributed by atoms with Crippen molar-refractivity contribution in [2.24, 2.45) is 0 Å². The highest BCUT2D eigenvalue weighted by Gasteiger charge is 2.12. The molecule has 1 aromatic carbocycles. The molecule has 3 nitrogen and oxygen atoms in total. The molecule has 0 N–H and O–H groups in total. The van der Waals surface area contributed by atoms with Gasteiger partial charge >= 0.3 is 0 Å². The van der Waals surface area contributed by atoms with Gasteiger partial charge in [0.05, 0.1) is 4.90 Å². The van der Waals surface area contributed by atoms with Gasteiger partial charge in [-0.15, -0.1) is 0 Å². The Balaban J connectivity index is 3.17. The van der Waals surface area contributed by atoms with E-state index >= 15 is 0 Å². The highest BCUT2D eigenvalue weighted by atomic mass is 35.7. The van der Waals surface area contributed by atoms with Crippen molar-refractivity contribution in [2.45, 2.75) is 11.4 Å². The summed E-state index contributed by atoms with van der Waals surface area (Å²) < 4.78 is 35.1.